The second-order valence-electron chi connectivity index (χ2n) is 4.32. The predicted octanol–water partition coefficient (Wildman–Crippen LogP) is 3.49. The number of carbonyl (C=O) groups excluding carboxylic acids is 1. The van der Waals surface area contributed by atoms with Gasteiger partial charge in [0.2, 0.25) is 11.0 Å². The summed E-state index contributed by atoms with van der Waals surface area (Å²) in [6.45, 7) is 1.36. The second kappa shape index (κ2) is 6.67. The van der Waals surface area contributed by atoms with E-state index in [1.165, 1.54) is 6.92 Å². The molecule has 6 heteroatoms. The molecule has 0 aliphatic rings. The number of hydrogen-bond donors (Lipinski definition) is 1. The van der Waals surface area contributed by atoms with Crippen molar-refractivity contribution in [3.63, 3.8) is 0 Å². The number of benzene rings is 2. The minimum atomic E-state index is -0.338. The Balaban J connectivity index is 2.47. The summed E-state index contributed by atoms with van der Waals surface area (Å²) in [5.74, 6) is 5.40. The maximum absolute atomic E-state index is 11.5. The van der Waals surface area contributed by atoms with Crippen LogP contribution in [0.25, 0.3) is 0 Å². The van der Waals surface area contributed by atoms with Gasteiger partial charge in [-0.15, -0.1) is 0 Å². The van der Waals surface area contributed by atoms with Gasteiger partial charge >= 0.3 is 0 Å². The molecule has 0 bridgehead atoms. The molecule has 21 heavy (non-hydrogen) atoms. The fourth-order valence-electron chi connectivity index (χ4n) is 1.78. The number of para-hydroxylation sites is 1. The van der Waals surface area contributed by atoms with Crippen LogP contribution in [0.4, 0.5) is 11.4 Å². The van der Waals surface area contributed by atoms with Crippen molar-refractivity contribution in [2.45, 2.75) is 6.92 Å². The molecular weight excluding hydrogens is 306 g/mol. The van der Waals surface area contributed by atoms with Crippen molar-refractivity contribution in [3.05, 3.63) is 59.6 Å². The molecule has 0 fully saturated rings. The first kappa shape index (κ1) is 15.4. The molecule has 0 spiro atoms. The van der Waals surface area contributed by atoms with E-state index in [9.17, 15) is 4.79 Å². The molecule has 2 aromatic carbocycles. The van der Waals surface area contributed by atoms with Gasteiger partial charge in [-0.1, -0.05) is 29.8 Å². The van der Waals surface area contributed by atoms with Crippen LogP contribution in [0.5, 0.6) is 0 Å². The number of thiocarbonyl (C=S) groups is 1. The Morgan fingerprint density at radius 1 is 1.05 bits per heavy atom. The highest BCUT2D eigenvalue weighted by Crippen LogP contribution is 2.27. The van der Waals surface area contributed by atoms with Crippen LogP contribution in [0.1, 0.15) is 6.92 Å². The molecule has 108 valence electrons. The molecule has 0 aliphatic carbocycles. The summed E-state index contributed by atoms with van der Waals surface area (Å²) in [7, 11) is 0. The molecule has 2 rings (SSSR count). The average Bonchev–Trinajstić information content (AvgIpc) is 2.49. The number of nitrogens with zero attached hydrogens (tertiary/aromatic N) is 2. The minimum absolute atomic E-state index is 0.191. The molecular formula is C15H14ClN3OS. The van der Waals surface area contributed by atoms with Gasteiger partial charge in [0.25, 0.3) is 0 Å². The summed E-state index contributed by atoms with van der Waals surface area (Å²) in [4.78, 5) is 13.2. The molecule has 4 nitrogen and oxygen atoms in total. The average molecular weight is 320 g/mol. The van der Waals surface area contributed by atoms with E-state index in [1.54, 1.807) is 17.0 Å². The summed E-state index contributed by atoms with van der Waals surface area (Å²) < 4.78 is 0. The first-order chi connectivity index (χ1) is 10.0. The number of anilines is 2. The molecule has 0 aromatic heterocycles. The monoisotopic (exact) mass is 319 g/mol. The highest BCUT2D eigenvalue weighted by atomic mass is 35.5. The topological polar surface area (TPSA) is 49.6 Å². The van der Waals surface area contributed by atoms with E-state index in [-0.39, 0.29) is 11.0 Å². The van der Waals surface area contributed by atoms with Crippen molar-refractivity contribution in [1.82, 2.24) is 5.01 Å². The fraction of sp³-hybridized carbons (Fsp3) is 0.0667. The molecule has 0 atom stereocenters. The smallest absolute Gasteiger partial charge is 0.240 e. The Hall–Kier alpha value is -1.95. The Morgan fingerprint density at radius 3 is 2.10 bits per heavy atom. The van der Waals surface area contributed by atoms with E-state index in [1.807, 2.05) is 42.5 Å². The minimum Gasteiger partial charge on any atom is -0.286 e. The Labute approximate surface area is 133 Å². The van der Waals surface area contributed by atoms with E-state index in [2.05, 4.69) is 0 Å². The zero-order chi connectivity index (χ0) is 15.4. The number of hydrazine groups is 1. The number of amides is 1. The van der Waals surface area contributed by atoms with Gasteiger partial charge in [-0.2, -0.15) is 0 Å². The Morgan fingerprint density at radius 2 is 1.57 bits per heavy atom. The highest BCUT2D eigenvalue weighted by molar-refractivity contribution is 7.80. The maximum atomic E-state index is 11.5. The van der Waals surface area contributed by atoms with Gasteiger partial charge in [0.15, 0.2) is 0 Å². The molecule has 2 N–H and O–H groups in total. The van der Waals surface area contributed by atoms with E-state index in [0.29, 0.717) is 5.02 Å². The standard InChI is InChI=1S/C15H14ClN3OS/c1-11(20)19(17)15(21)18(13-5-3-2-4-6-13)14-9-7-12(16)8-10-14/h2-10H,17H2,1H3. The van der Waals surface area contributed by atoms with Crippen molar-refractivity contribution in [3.8, 4) is 0 Å². The van der Waals surface area contributed by atoms with E-state index >= 15 is 0 Å². The van der Waals surface area contributed by atoms with Crippen molar-refractivity contribution >= 4 is 46.2 Å². The lowest BCUT2D eigenvalue weighted by Gasteiger charge is -2.29. The number of nitrogens with two attached hydrogens (primary N) is 1. The van der Waals surface area contributed by atoms with Gasteiger partial charge < -0.3 is 0 Å². The lowest BCUT2D eigenvalue weighted by Crippen LogP contribution is -2.47. The van der Waals surface area contributed by atoms with E-state index in [0.717, 1.165) is 16.4 Å². The van der Waals surface area contributed by atoms with Crippen LogP contribution < -0.4 is 10.7 Å². The van der Waals surface area contributed by atoms with Crippen molar-refractivity contribution in [2.75, 3.05) is 4.90 Å². The third-order valence-corrected chi connectivity index (χ3v) is 3.47. The lowest BCUT2D eigenvalue weighted by molar-refractivity contribution is -0.125. The van der Waals surface area contributed by atoms with E-state index < -0.39 is 0 Å². The zero-order valence-corrected chi connectivity index (χ0v) is 12.9. The molecule has 2 aromatic rings. The quantitative estimate of drug-likeness (QED) is 0.398. The van der Waals surface area contributed by atoms with Gasteiger partial charge in [0.1, 0.15) is 0 Å². The van der Waals surface area contributed by atoms with Crippen LogP contribution in [0.15, 0.2) is 54.6 Å². The van der Waals surface area contributed by atoms with Crippen LogP contribution >= 0.6 is 23.8 Å². The van der Waals surface area contributed by atoms with E-state index in [4.69, 9.17) is 29.7 Å². The largest absolute Gasteiger partial charge is 0.286 e. The first-order valence-corrected chi connectivity index (χ1v) is 6.99. The number of hydrogen-bond acceptors (Lipinski definition) is 3. The zero-order valence-electron chi connectivity index (χ0n) is 11.4. The van der Waals surface area contributed by atoms with Gasteiger partial charge in [-0.05, 0) is 48.6 Å². The third kappa shape index (κ3) is 3.58. The van der Waals surface area contributed by atoms with Gasteiger partial charge in [-0.3, -0.25) is 9.69 Å². The SMILES string of the molecule is CC(=O)N(N)C(=S)N(c1ccccc1)c1ccc(Cl)cc1. The molecule has 1 amide bonds. The summed E-state index contributed by atoms with van der Waals surface area (Å²) in [5.41, 5.74) is 1.58. The summed E-state index contributed by atoms with van der Waals surface area (Å²) in [6.07, 6.45) is 0. The summed E-state index contributed by atoms with van der Waals surface area (Å²) >= 11 is 11.3. The van der Waals surface area contributed by atoms with Gasteiger partial charge in [0, 0.05) is 23.3 Å². The van der Waals surface area contributed by atoms with Crippen LogP contribution in [-0.4, -0.2) is 16.0 Å². The molecule has 0 heterocycles. The van der Waals surface area contributed by atoms with Crippen molar-refractivity contribution < 1.29 is 4.79 Å². The Kier molecular flexibility index (Phi) is 4.90. The molecule has 0 aliphatic heterocycles. The highest BCUT2D eigenvalue weighted by Gasteiger charge is 2.20. The number of carbonyl (C=O) groups is 1. The fourth-order valence-corrected chi connectivity index (χ4v) is 2.24. The predicted molar refractivity (Wildman–Crippen MR) is 89.3 cm³/mol. The van der Waals surface area contributed by atoms with Crippen molar-refractivity contribution in [2.24, 2.45) is 5.84 Å². The molecule has 0 radical (unpaired) electrons. The lowest BCUT2D eigenvalue weighted by atomic mass is 10.2. The molecule has 0 saturated carbocycles. The number of rotatable bonds is 2. The number of halogens is 1. The van der Waals surface area contributed by atoms with Crippen LogP contribution in [0, 0.1) is 0 Å². The second-order valence-corrected chi connectivity index (χ2v) is 5.12. The Bertz CT molecular complexity index is 646. The normalized spacial score (nSPS) is 10.0. The summed E-state index contributed by atoms with van der Waals surface area (Å²) in [5, 5.41) is 1.75. The summed E-state index contributed by atoms with van der Waals surface area (Å²) in [6, 6.07) is 16.6. The third-order valence-electron chi connectivity index (χ3n) is 2.84. The van der Waals surface area contributed by atoms with Gasteiger partial charge in [-0.25, -0.2) is 10.9 Å². The van der Waals surface area contributed by atoms with Crippen LogP contribution in [-0.2, 0) is 4.79 Å². The van der Waals surface area contributed by atoms with Crippen LogP contribution in [0.3, 0.4) is 0 Å². The molecule has 0 saturated heterocycles. The van der Waals surface area contributed by atoms with Gasteiger partial charge in [0.05, 0.1) is 0 Å². The first-order valence-electron chi connectivity index (χ1n) is 6.21. The van der Waals surface area contributed by atoms with Crippen molar-refractivity contribution in [1.29, 1.82) is 0 Å². The maximum Gasteiger partial charge on any atom is 0.240 e. The van der Waals surface area contributed by atoms with Crippen LogP contribution in [0.2, 0.25) is 5.02 Å². The molecule has 0 unspecified atom stereocenters.